The van der Waals surface area contributed by atoms with E-state index >= 15 is 0 Å². The predicted molar refractivity (Wildman–Crippen MR) is 91.5 cm³/mol. The molecule has 0 bridgehead atoms. The van der Waals surface area contributed by atoms with Crippen molar-refractivity contribution in [1.82, 2.24) is 4.90 Å². The minimum atomic E-state index is 0.578. The van der Waals surface area contributed by atoms with Gasteiger partial charge in [0.15, 0.2) is 0 Å². The standard InChI is InChI=1S/C19H20N2O/c1-21(2)13-14-22-20-19-17-9-5-3-7-15(17)11-12-16-8-4-6-10-18(16)19/h3-12H,13-14H2,1-2H3. The van der Waals surface area contributed by atoms with E-state index in [4.69, 9.17) is 4.84 Å². The van der Waals surface area contributed by atoms with E-state index in [9.17, 15) is 0 Å². The van der Waals surface area contributed by atoms with E-state index in [0.29, 0.717) is 6.61 Å². The molecule has 0 saturated carbocycles. The van der Waals surface area contributed by atoms with E-state index < -0.39 is 0 Å². The van der Waals surface area contributed by atoms with Gasteiger partial charge in [0.2, 0.25) is 0 Å². The maximum Gasteiger partial charge on any atom is 0.129 e. The Hall–Kier alpha value is -2.39. The zero-order chi connectivity index (χ0) is 15.4. The van der Waals surface area contributed by atoms with Gasteiger partial charge in [-0.2, -0.15) is 0 Å². The SMILES string of the molecule is CN(C)CCON=c1c2ccccc2ccc2ccccc12. The van der Waals surface area contributed by atoms with Gasteiger partial charge in [-0.3, -0.25) is 0 Å². The largest absolute Gasteiger partial charge is 0.394 e. The van der Waals surface area contributed by atoms with Gasteiger partial charge in [0.05, 0.1) is 0 Å². The maximum atomic E-state index is 5.57. The molecule has 0 amide bonds. The summed E-state index contributed by atoms with van der Waals surface area (Å²) in [5.74, 6) is 0. The van der Waals surface area contributed by atoms with Crippen molar-refractivity contribution < 1.29 is 4.84 Å². The Balaban J connectivity index is 2.21. The lowest BCUT2D eigenvalue weighted by molar-refractivity contribution is 0.117. The minimum absolute atomic E-state index is 0.578. The second kappa shape index (κ2) is 6.58. The molecular formula is C19H20N2O. The van der Waals surface area contributed by atoms with Gasteiger partial charge in [-0.15, -0.1) is 0 Å². The minimum Gasteiger partial charge on any atom is -0.394 e. The average Bonchev–Trinajstić information content (AvgIpc) is 2.69. The van der Waals surface area contributed by atoms with Crippen LogP contribution < -0.4 is 5.36 Å². The zero-order valence-electron chi connectivity index (χ0n) is 13.0. The van der Waals surface area contributed by atoms with Gasteiger partial charge in [-0.05, 0) is 24.9 Å². The van der Waals surface area contributed by atoms with Crippen LogP contribution in [0.15, 0.2) is 65.8 Å². The highest BCUT2D eigenvalue weighted by Crippen LogP contribution is 2.15. The highest BCUT2D eigenvalue weighted by atomic mass is 16.6. The van der Waals surface area contributed by atoms with Crippen LogP contribution >= 0.6 is 0 Å². The highest BCUT2D eigenvalue weighted by molar-refractivity contribution is 5.92. The lowest BCUT2D eigenvalue weighted by Gasteiger charge is -2.07. The number of benzene rings is 2. The fraction of sp³-hybridized carbons (Fsp3) is 0.211. The van der Waals surface area contributed by atoms with Crippen molar-refractivity contribution in [3.05, 3.63) is 66.0 Å². The summed E-state index contributed by atoms with van der Waals surface area (Å²) in [4.78, 5) is 7.65. The van der Waals surface area contributed by atoms with Crippen molar-refractivity contribution >= 4 is 21.5 Å². The smallest absolute Gasteiger partial charge is 0.129 e. The molecule has 0 atom stereocenters. The molecule has 0 fully saturated rings. The summed E-state index contributed by atoms with van der Waals surface area (Å²) < 4.78 is 0. The fourth-order valence-corrected chi connectivity index (χ4v) is 2.47. The van der Waals surface area contributed by atoms with Crippen LogP contribution in [0.3, 0.4) is 0 Å². The van der Waals surface area contributed by atoms with Crippen molar-refractivity contribution in [3.63, 3.8) is 0 Å². The van der Waals surface area contributed by atoms with Gasteiger partial charge < -0.3 is 9.74 Å². The molecule has 0 aliphatic carbocycles. The van der Waals surface area contributed by atoms with Crippen molar-refractivity contribution in [2.45, 2.75) is 0 Å². The van der Waals surface area contributed by atoms with Crippen LogP contribution in [0.5, 0.6) is 0 Å². The molecule has 0 N–H and O–H groups in total. The second-order valence-corrected chi connectivity index (χ2v) is 5.58. The second-order valence-electron chi connectivity index (χ2n) is 5.58. The molecule has 22 heavy (non-hydrogen) atoms. The number of hydrogen-bond acceptors (Lipinski definition) is 3. The Morgan fingerprint density at radius 3 is 1.91 bits per heavy atom. The van der Waals surface area contributed by atoms with Gasteiger partial charge in [0.1, 0.15) is 12.0 Å². The third-order valence-corrected chi connectivity index (χ3v) is 3.66. The Morgan fingerprint density at radius 1 is 0.818 bits per heavy atom. The molecular weight excluding hydrogens is 272 g/mol. The van der Waals surface area contributed by atoms with Crippen LogP contribution in [0.4, 0.5) is 0 Å². The van der Waals surface area contributed by atoms with Gasteiger partial charge in [0.25, 0.3) is 0 Å². The molecule has 0 aliphatic heterocycles. The Bertz CT molecular complexity index is 794. The number of nitrogens with zero attached hydrogens (tertiary/aromatic N) is 2. The lowest BCUT2D eigenvalue weighted by atomic mass is 10.1. The third kappa shape index (κ3) is 3.10. The first-order valence-electron chi connectivity index (χ1n) is 7.47. The van der Waals surface area contributed by atoms with Gasteiger partial charge in [0, 0.05) is 17.3 Å². The van der Waals surface area contributed by atoms with E-state index in [2.05, 4.69) is 46.5 Å². The zero-order valence-corrected chi connectivity index (χ0v) is 13.0. The molecule has 0 unspecified atom stereocenters. The van der Waals surface area contributed by atoms with Crippen molar-refractivity contribution in [3.8, 4) is 0 Å². The van der Waals surface area contributed by atoms with Crippen LogP contribution in [0, 0.1) is 0 Å². The van der Waals surface area contributed by atoms with Gasteiger partial charge in [-0.1, -0.05) is 65.8 Å². The normalized spacial score (nSPS) is 11.0. The number of hydrogen-bond donors (Lipinski definition) is 0. The van der Waals surface area contributed by atoms with Crippen LogP contribution in [0.1, 0.15) is 0 Å². The first kappa shape index (κ1) is 14.5. The highest BCUT2D eigenvalue weighted by Gasteiger charge is 2.01. The summed E-state index contributed by atoms with van der Waals surface area (Å²) in [7, 11) is 4.05. The van der Waals surface area contributed by atoms with E-state index in [1.807, 2.05) is 38.4 Å². The molecule has 3 heteroatoms. The van der Waals surface area contributed by atoms with Crippen LogP contribution in [-0.4, -0.2) is 32.1 Å². The summed E-state index contributed by atoms with van der Waals surface area (Å²) in [5, 5.41) is 9.88. The third-order valence-electron chi connectivity index (χ3n) is 3.66. The summed E-state index contributed by atoms with van der Waals surface area (Å²) in [6, 6.07) is 20.8. The van der Waals surface area contributed by atoms with Gasteiger partial charge >= 0.3 is 0 Å². The average molecular weight is 292 g/mol. The molecule has 0 aliphatic rings. The molecule has 3 aromatic carbocycles. The summed E-state index contributed by atoms with van der Waals surface area (Å²) in [5.41, 5.74) is 0. The van der Waals surface area contributed by atoms with Crippen molar-refractivity contribution in [2.24, 2.45) is 5.16 Å². The molecule has 3 rings (SSSR count). The number of rotatable bonds is 4. The summed E-state index contributed by atoms with van der Waals surface area (Å²) in [6.45, 7) is 1.42. The van der Waals surface area contributed by atoms with Crippen LogP contribution in [0.25, 0.3) is 21.5 Å². The maximum absolute atomic E-state index is 5.57. The topological polar surface area (TPSA) is 24.8 Å². The van der Waals surface area contributed by atoms with Crippen LogP contribution in [-0.2, 0) is 4.84 Å². The molecule has 0 aromatic heterocycles. The van der Waals surface area contributed by atoms with E-state index in [0.717, 1.165) is 33.4 Å². The Labute approximate surface area is 130 Å². The Morgan fingerprint density at radius 2 is 1.36 bits per heavy atom. The number of likely N-dealkylation sites (N-methyl/N-ethyl adjacent to an activating group) is 1. The van der Waals surface area contributed by atoms with Gasteiger partial charge in [-0.25, -0.2) is 0 Å². The monoisotopic (exact) mass is 292 g/mol. The number of fused-ring (bicyclic) bond motifs is 2. The molecule has 0 radical (unpaired) electrons. The van der Waals surface area contributed by atoms with E-state index in [-0.39, 0.29) is 0 Å². The first-order chi connectivity index (χ1) is 10.8. The summed E-state index contributed by atoms with van der Waals surface area (Å²) >= 11 is 0. The van der Waals surface area contributed by atoms with Crippen LogP contribution in [0.2, 0.25) is 0 Å². The summed E-state index contributed by atoms with van der Waals surface area (Å²) in [6.07, 6.45) is 0. The fourth-order valence-electron chi connectivity index (χ4n) is 2.47. The molecule has 0 heterocycles. The Kier molecular flexibility index (Phi) is 4.35. The quantitative estimate of drug-likeness (QED) is 0.544. The molecule has 0 spiro atoms. The molecule has 3 nitrogen and oxygen atoms in total. The van der Waals surface area contributed by atoms with E-state index in [1.165, 1.54) is 0 Å². The van der Waals surface area contributed by atoms with E-state index in [1.54, 1.807) is 0 Å². The predicted octanol–water partition coefficient (Wildman–Crippen LogP) is 3.39. The van der Waals surface area contributed by atoms with Crippen molar-refractivity contribution in [2.75, 3.05) is 27.2 Å². The molecule has 0 saturated heterocycles. The lowest BCUT2D eigenvalue weighted by Crippen LogP contribution is -2.17. The van der Waals surface area contributed by atoms with Crippen molar-refractivity contribution in [1.29, 1.82) is 0 Å². The molecule has 3 aromatic rings. The first-order valence-corrected chi connectivity index (χ1v) is 7.47. The molecule has 112 valence electrons.